The second kappa shape index (κ2) is 11.3. The number of hydrogen-bond donors (Lipinski definition) is 1. The second-order valence-corrected chi connectivity index (χ2v) is 18.9. The Balaban J connectivity index is 1.35. The number of anilines is 1. The molecule has 226 valence electrons. The smallest absolute Gasteiger partial charge is 0.242 e. The highest BCUT2D eigenvalue weighted by molar-refractivity contribution is 6.76. The summed E-state index contributed by atoms with van der Waals surface area (Å²) in [5.41, 5.74) is 6.87. The number of rotatable bonds is 9. The van der Waals surface area contributed by atoms with Gasteiger partial charge in [-0.15, -0.1) is 0 Å². The topological polar surface area (TPSA) is 92.7 Å². The minimum atomic E-state index is -1.14. The van der Waals surface area contributed by atoms with Gasteiger partial charge in [0.25, 0.3) is 0 Å². The van der Waals surface area contributed by atoms with E-state index in [1.807, 2.05) is 9.58 Å². The van der Waals surface area contributed by atoms with Gasteiger partial charge in [-0.25, -0.2) is 4.68 Å². The number of aromatic nitrogens is 3. The fraction of sp³-hybridized carbons (Fsp3) is 0.594. The molecule has 0 bridgehead atoms. The SMILES string of the molecule is CCC1(CC)C(=O)N(CC(=O)N2CCOCC2)c2cc3c4c([nH]c3cc21)-c1nn(COCC[Si](C)(C)C)cc1CCC4. The van der Waals surface area contributed by atoms with Crippen molar-refractivity contribution in [2.75, 3.05) is 44.4 Å². The van der Waals surface area contributed by atoms with E-state index in [-0.39, 0.29) is 18.4 Å². The van der Waals surface area contributed by atoms with Crippen molar-refractivity contribution in [1.82, 2.24) is 19.7 Å². The van der Waals surface area contributed by atoms with Gasteiger partial charge in [0.05, 0.1) is 24.3 Å². The Hall–Kier alpha value is -2.95. The first-order valence-corrected chi connectivity index (χ1v) is 19.4. The number of H-pyrrole nitrogens is 1. The molecule has 10 heteroatoms. The van der Waals surface area contributed by atoms with Crippen LogP contribution in [0, 0.1) is 0 Å². The summed E-state index contributed by atoms with van der Waals surface area (Å²) in [6.45, 7) is 14.8. The fourth-order valence-electron chi connectivity index (χ4n) is 6.89. The van der Waals surface area contributed by atoms with Gasteiger partial charge in [0.1, 0.15) is 19.0 Å². The zero-order valence-corrected chi connectivity index (χ0v) is 26.8. The lowest BCUT2D eigenvalue weighted by Crippen LogP contribution is -2.48. The van der Waals surface area contributed by atoms with Crippen LogP contribution in [-0.2, 0) is 44.1 Å². The molecule has 0 unspecified atom stereocenters. The molecule has 0 radical (unpaired) electrons. The molecule has 1 aliphatic carbocycles. The predicted molar refractivity (Wildman–Crippen MR) is 168 cm³/mol. The largest absolute Gasteiger partial charge is 0.378 e. The van der Waals surface area contributed by atoms with E-state index < -0.39 is 13.5 Å². The minimum Gasteiger partial charge on any atom is -0.378 e. The molecule has 0 atom stereocenters. The quantitative estimate of drug-likeness (QED) is 0.276. The van der Waals surface area contributed by atoms with Crippen molar-refractivity contribution in [3.05, 3.63) is 35.0 Å². The Bertz CT molecular complexity index is 1490. The molecule has 4 heterocycles. The Labute approximate surface area is 249 Å². The minimum absolute atomic E-state index is 0.0177. The zero-order valence-electron chi connectivity index (χ0n) is 25.8. The van der Waals surface area contributed by atoms with E-state index in [9.17, 15) is 9.59 Å². The predicted octanol–water partition coefficient (Wildman–Crippen LogP) is 5.10. The van der Waals surface area contributed by atoms with Crippen molar-refractivity contribution >= 4 is 36.5 Å². The van der Waals surface area contributed by atoms with Crippen molar-refractivity contribution in [2.24, 2.45) is 0 Å². The van der Waals surface area contributed by atoms with Crippen molar-refractivity contribution in [3.63, 3.8) is 0 Å². The fourth-order valence-corrected chi connectivity index (χ4v) is 7.65. The normalized spacial score (nSPS) is 18.3. The van der Waals surface area contributed by atoms with Crippen LogP contribution in [0.2, 0.25) is 25.7 Å². The summed E-state index contributed by atoms with van der Waals surface area (Å²) in [5, 5.41) is 6.11. The lowest BCUT2D eigenvalue weighted by atomic mass is 9.76. The standard InChI is InChI=1S/C32H45N5O4Si/c1-6-32(7-2)25-18-26-24(17-27(25)37(31(32)39)20-28(38)35-11-13-40-14-12-35)23-10-8-9-22-19-36(34-29(22)30(23)33-26)21-41-15-16-42(3,4)5/h17-19,33H,6-16,20-21H2,1-5H3. The van der Waals surface area contributed by atoms with E-state index in [1.54, 1.807) is 4.90 Å². The average Bonchev–Trinajstić information content (AvgIpc) is 3.57. The van der Waals surface area contributed by atoms with Crippen LogP contribution < -0.4 is 4.90 Å². The number of carbonyl (C=O) groups is 2. The maximum atomic E-state index is 14.0. The van der Waals surface area contributed by atoms with Crippen LogP contribution in [0.4, 0.5) is 5.69 Å². The number of amides is 2. The number of aryl methyl sites for hydroxylation is 2. The highest BCUT2D eigenvalue weighted by atomic mass is 28.3. The second-order valence-electron chi connectivity index (χ2n) is 13.3. The van der Waals surface area contributed by atoms with Crippen LogP contribution in [0.5, 0.6) is 0 Å². The summed E-state index contributed by atoms with van der Waals surface area (Å²) >= 11 is 0. The van der Waals surface area contributed by atoms with Crippen LogP contribution in [0.25, 0.3) is 22.3 Å². The Kier molecular flexibility index (Phi) is 7.82. The van der Waals surface area contributed by atoms with E-state index >= 15 is 0 Å². The molecule has 1 N–H and O–H groups in total. The number of nitrogens with one attached hydrogen (secondary N) is 1. The highest BCUT2D eigenvalue weighted by Crippen LogP contribution is 2.49. The van der Waals surface area contributed by atoms with Gasteiger partial charge in [-0.2, -0.15) is 5.10 Å². The first kappa shape index (κ1) is 29.1. The van der Waals surface area contributed by atoms with E-state index in [2.05, 4.69) is 56.8 Å². The molecule has 1 fully saturated rings. The van der Waals surface area contributed by atoms with Gasteiger partial charge in [0.15, 0.2) is 0 Å². The van der Waals surface area contributed by atoms with Gasteiger partial charge < -0.3 is 24.3 Å². The summed E-state index contributed by atoms with van der Waals surface area (Å²) in [6, 6.07) is 5.48. The molecule has 3 aromatic rings. The first-order chi connectivity index (χ1) is 20.1. The van der Waals surface area contributed by atoms with Crippen molar-refractivity contribution in [2.45, 2.75) is 83.8 Å². The third kappa shape index (κ3) is 5.11. The van der Waals surface area contributed by atoms with Gasteiger partial charge in [-0.3, -0.25) is 9.59 Å². The van der Waals surface area contributed by atoms with Crippen LogP contribution in [0.3, 0.4) is 0 Å². The third-order valence-corrected chi connectivity index (χ3v) is 11.2. The van der Waals surface area contributed by atoms with Crippen LogP contribution in [0.15, 0.2) is 18.3 Å². The maximum Gasteiger partial charge on any atom is 0.242 e. The number of aromatic amines is 1. The first-order valence-electron chi connectivity index (χ1n) is 15.7. The summed E-state index contributed by atoms with van der Waals surface area (Å²) in [5.74, 6) is 0.0221. The third-order valence-electron chi connectivity index (χ3n) is 9.51. The van der Waals surface area contributed by atoms with Crippen LogP contribution >= 0.6 is 0 Å². The van der Waals surface area contributed by atoms with Crippen molar-refractivity contribution in [1.29, 1.82) is 0 Å². The zero-order chi connectivity index (χ0) is 29.6. The number of nitrogens with zero attached hydrogens (tertiary/aromatic N) is 4. The molecule has 2 aliphatic heterocycles. The number of carbonyl (C=O) groups excluding carboxylic acids is 2. The molecule has 9 nitrogen and oxygen atoms in total. The monoisotopic (exact) mass is 591 g/mol. The Morgan fingerprint density at radius 3 is 2.62 bits per heavy atom. The summed E-state index contributed by atoms with van der Waals surface area (Å²) < 4.78 is 13.4. The highest BCUT2D eigenvalue weighted by Gasteiger charge is 2.49. The van der Waals surface area contributed by atoms with Crippen LogP contribution in [-0.4, -0.2) is 79.0 Å². The van der Waals surface area contributed by atoms with Gasteiger partial charge in [-0.1, -0.05) is 33.5 Å². The Morgan fingerprint density at radius 2 is 1.90 bits per heavy atom. The van der Waals surface area contributed by atoms with E-state index in [4.69, 9.17) is 14.6 Å². The maximum absolute atomic E-state index is 14.0. The number of fused-ring (bicyclic) bond motifs is 6. The van der Waals surface area contributed by atoms with Gasteiger partial charge in [-0.05, 0) is 67.0 Å². The van der Waals surface area contributed by atoms with E-state index in [1.165, 1.54) is 11.1 Å². The summed E-state index contributed by atoms with van der Waals surface area (Å²) in [6.07, 6.45) is 6.45. The lowest BCUT2D eigenvalue weighted by Gasteiger charge is -2.30. The lowest BCUT2D eigenvalue weighted by molar-refractivity contribution is -0.135. The molecule has 2 amide bonds. The molecule has 2 aromatic heterocycles. The molecule has 42 heavy (non-hydrogen) atoms. The van der Waals surface area contributed by atoms with Crippen molar-refractivity contribution in [3.8, 4) is 11.4 Å². The van der Waals surface area contributed by atoms with Gasteiger partial charge in [0.2, 0.25) is 11.8 Å². The van der Waals surface area contributed by atoms with E-state index in [0.717, 1.165) is 65.5 Å². The van der Waals surface area contributed by atoms with E-state index in [0.29, 0.717) is 45.9 Å². The number of ether oxygens (including phenoxy) is 2. The summed E-state index contributed by atoms with van der Waals surface area (Å²) in [7, 11) is -1.14. The van der Waals surface area contributed by atoms with Crippen LogP contribution in [0.1, 0.15) is 49.8 Å². The average molecular weight is 592 g/mol. The van der Waals surface area contributed by atoms with Gasteiger partial charge in [0, 0.05) is 50.6 Å². The number of benzene rings is 1. The molecule has 0 spiro atoms. The molecular weight excluding hydrogens is 546 g/mol. The van der Waals surface area contributed by atoms with Gasteiger partial charge >= 0.3 is 0 Å². The number of hydrogen-bond acceptors (Lipinski definition) is 5. The molecular formula is C32H45N5O4Si. The molecule has 3 aliphatic rings. The number of morpholine rings is 1. The molecule has 6 rings (SSSR count). The Morgan fingerprint density at radius 1 is 1.14 bits per heavy atom. The molecule has 1 aromatic carbocycles. The summed E-state index contributed by atoms with van der Waals surface area (Å²) in [4.78, 5) is 34.7. The molecule has 0 saturated carbocycles. The van der Waals surface area contributed by atoms with Crippen molar-refractivity contribution < 1.29 is 19.1 Å². The molecule has 1 saturated heterocycles.